The minimum absolute atomic E-state index is 0.0368. The lowest BCUT2D eigenvalue weighted by molar-refractivity contribution is -0.123. The lowest BCUT2D eigenvalue weighted by Gasteiger charge is -2.10. The Balaban J connectivity index is 1.73. The molecule has 0 aliphatic heterocycles. The van der Waals surface area contributed by atoms with E-state index in [9.17, 15) is 9.59 Å². The number of aromatic nitrogens is 1. The molecule has 0 unspecified atom stereocenters. The number of nitrogens with one attached hydrogen (secondary N) is 1. The van der Waals surface area contributed by atoms with E-state index in [2.05, 4.69) is 24.1 Å². The molecule has 0 atom stereocenters. The summed E-state index contributed by atoms with van der Waals surface area (Å²) in [6.45, 7) is 4.53. The number of nitrogens with zero attached hydrogens (tertiary/aromatic N) is 1. The number of rotatable bonds is 8. The Bertz CT molecular complexity index is 712. The molecule has 0 bridgehead atoms. The lowest BCUT2D eigenvalue weighted by Crippen LogP contribution is -2.30. The maximum atomic E-state index is 11.8. The van der Waals surface area contributed by atoms with E-state index in [1.165, 1.54) is 16.7 Å². The van der Waals surface area contributed by atoms with Crippen LogP contribution in [-0.4, -0.2) is 35.1 Å². The molecule has 0 aliphatic carbocycles. The fraction of sp³-hybridized carbons (Fsp3) is 0.353. The quantitative estimate of drug-likeness (QED) is 0.766. The number of benzene rings is 1. The lowest BCUT2D eigenvalue weighted by atomic mass is 10.0. The third-order valence-corrected chi connectivity index (χ3v) is 4.24. The molecule has 2 N–H and O–H groups in total. The molecule has 1 aromatic heterocycles. The summed E-state index contributed by atoms with van der Waals surface area (Å²) in [6.07, 6.45) is 0.493. The Morgan fingerprint density at radius 2 is 2.17 bits per heavy atom. The Morgan fingerprint density at radius 1 is 1.38 bits per heavy atom. The zero-order chi connectivity index (χ0) is 17.5. The van der Waals surface area contributed by atoms with Gasteiger partial charge >= 0.3 is 5.97 Å². The first kappa shape index (κ1) is 17.9. The van der Waals surface area contributed by atoms with Crippen LogP contribution in [0.25, 0.3) is 0 Å². The van der Waals surface area contributed by atoms with Crippen molar-refractivity contribution in [3.8, 4) is 5.75 Å². The summed E-state index contributed by atoms with van der Waals surface area (Å²) in [4.78, 5) is 26.5. The standard InChI is InChI=1S/C17H20N2O4S/c1-11(2)12-4-3-5-13(8-12)23-9-15(20)18-7-6-16-19-14(10-24-16)17(21)22/h3-5,8,10-11H,6-7,9H2,1-2H3,(H,18,20)(H,21,22). The normalized spacial score (nSPS) is 10.6. The van der Waals surface area contributed by atoms with Crippen molar-refractivity contribution in [1.82, 2.24) is 10.3 Å². The Morgan fingerprint density at radius 3 is 2.83 bits per heavy atom. The molecule has 7 heteroatoms. The van der Waals surface area contributed by atoms with Gasteiger partial charge in [-0.25, -0.2) is 9.78 Å². The summed E-state index contributed by atoms with van der Waals surface area (Å²) in [5, 5.41) is 13.7. The first-order valence-electron chi connectivity index (χ1n) is 7.63. The smallest absolute Gasteiger partial charge is 0.355 e. The van der Waals surface area contributed by atoms with E-state index in [-0.39, 0.29) is 18.2 Å². The predicted octanol–water partition coefficient (Wildman–Crippen LogP) is 2.70. The number of hydrogen-bond donors (Lipinski definition) is 2. The second-order valence-electron chi connectivity index (χ2n) is 5.55. The second-order valence-corrected chi connectivity index (χ2v) is 6.49. The van der Waals surface area contributed by atoms with Gasteiger partial charge in [-0.3, -0.25) is 4.79 Å². The van der Waals surface area contributed by atoms with Gasteiger partial charge in [-0.2, -0.15) is 0 Å². The summed E-state index contributed by atoms with van der Waals surface area (Å²) >= 11 is 1.27. The number of carbonyl (C=O) groups excluding carboxylic acids is 1. The van der Waals surface area contributed by atoms with Gasteiger partial charge in [0.2, 0.25) is 0 Å². The number of carboxylic acids is 1. The van der Waals surface area contributed by atoms with E-state index in [1.54, 1.807) is 0 Å². The summed E-state index contributed by atoms with van der Waals surface area (Å²) in [6, 6.07) is 7.69. The van der Waals surface area contributed by atoms with E-state index in [0.717, 1.165) is 5.56 Å². The van der Waals surface area contributed by atoms with Crippen molar-refractivity contribution in [3.63, 3.8) is 0 Å². The Kier molecular flexibility index (Phi) is 6.31. The van der Waals surface area contributed by atoms with Crippen LogP contribution in [-0.2, 0) is 11.2 Å². The van der Waals surface area contributed by atoms with Crippen LogP contribution in [0.4, 0.5) is 0 Å². The molecule has 0 radical (unpaired) electrons. The molecule has 1 heterocycles. The van der Waals surface area contributed by atoms with Crippen LogP contribution in [0, 0.1) is 0 Å². The van der Waals surface area contributed by atoms with Gasteiger partial charge in [0.1, 0.15) is 5.75 Å². The SMILES string of the molecule is CC(C)c1cccc(OCC(=O)NCCc2nc(C(=O)O)cs2)c1. The van der Waals surface area contributed by atoms with Crippen LogP contribution in [0.15, 0.2) is 29.6 Å². The summed E-state index contributed by atoms with van der Waals surface area (Å²) in [7, 11) is 0. The summed E-state index contributed by atoms with van der Waals surface area (Å²) < 4.78 is 5.49. The first-order chi connectivity index (χ1) is 11.5. The second kappa shape index (κ2) is 8.44. The monoisotopic (exact) mass is 348 g/mol. The predicted molar refractivity (Wildman–Crippen MR) is 91.8 cm³/mol. The van der Waals surface area contributed by atoms with Crippen LogP contribution in [0.3, 0.4) is 0 Å². The van der Waals surface area contributed by atoms with Crippen molar-refractivity contribution in [3.05, 3.63) is 45.9 Å². The third-order valence-electron chi connectivity index (χ3n) is 3.33. The molecule has 0 fully saturated rings. The Hall–Kier alpha value is -2.41. The van der Waals surface area contributed by atoms with Gasteiger partial charge in [0.15, 0.2) is 12.3 Å². The number of carbonyl (C=O) groups is 2. The first-order valence-corrected chi connectivity index (χ1v) is 8.51. The summed E-state index contributed by atoms with van der Waals surface area (Å²) in [5.74, 6) is -0.197. The topological polar surface area (TPSA) is 88.5 Å². The van der Waals surface area contributed by atoms with Crippen LogP contribution in [0.5, 0.6) is 5.75 Å². The van der Waals surface area contributed by atoms with E-state index in [4.69, 9.17) is 9.84 Å². The molecule has 24 heavy (non-hydrogen) atoms. The fourth-order valence-corrected chi connectivity index (χ4v) is 2.77. The highest BCUT2D eigenvalue weighted by molar-refractivity contribution is 7.09. The number of amides is 1. The van der Waals surface area contributed by atoms with Crippen molar-refractivity contribution < 1.29 is 19.4 Å². The maximum Gasteiger partial charge on any atom is 0.355 e. The Labute approximate surface area is 144 Å². The molecule has 128 valence electrons. The molecule has 6 nitrogen and oxygen atoms in total. The molecule has 1 aromatic carbocycles. The van der Waals surface area contributed by atoms with E-state index >= 15 is 0 Å². The van der Waals surface area contributed by atoms with Crippen molar-refractivity contribution in [1.29, 1.82) is 0 Å². The minimum Gasteiger partial charge on any atom is -0.484 e. The number of carboxylic acid groups (broad SMARTS) is 1. The average molecular weight is 348 g/mol. The van der Waals surface area contributed by atoms with E-state index in [1.807, 2.05) is 24.3 Å². The molecule has 1 amide bonds. The maximum absolute atomic E-state index is 11.8. The van der Waals surface area contributed by atoms with Gasteiger partial charge in [0.05, 0.1) is 5.01 Å². The highest BCUT2D eigenvalue weighted by Gasteiger charge is 2.09. The molecule has 0 saturated heterocycles. The number of thiazole rings is 1. The third kappa shape index (κ3) is 5.34. The number of ether oxygens (including phenoxy) is 1. The van der Waals surface area contributed by atoms with Gasteiger partial charge in [-0.1, -0.05) is 26.0 Å². The molecule has 0 spiro atoms. The molecule has 2 aromatic rings. The average Bonchev–Trinajstić information content (AvgIpc) is 3.02. The van der Waals surface area contributed by atoms with Crippen molar-refractivity contribution in [2.45, 2.75) is 26.2 Å². The van der Waals surface area contributed by atoms with E-state index in [0.29, 0.717) is 29.6 Å². The molecule has 0 aliphatic rings. The van der Waals surface area contributed by atoms with Gasteiger partial charge < -0.3 is 15.2 Å². The summed E-state index contributed by atoms with van der Waals surface area (Å²) in [5.41, 5.74) is 1.20. The number of aromatic carboxylic acids is 1. The fourth-order valence-electron chi connectivity index (χ4n) is 2.00. The zero-order valence-electron chi connectivity index (χ0n) is 13.6. The van der Waals surface area contributed by atoms with E-state index < -0.39 is 5.97 Å². The highest BCUT2D eigenvalue weighted by atomic mass is 32.1. The van der Waals surface area contributed by atoms with Gasteiger partial charge in [-0.05, 0) is 23.6 Å². The van der Waals surface area contributed by atoms with Gasteiger partial charge in [0, 0.05) is 18.3 Å². The molecule has 2 rings (SSSR count). The highest BCUT2D eigenvalue weighted by Crippen LogP contribution is 2.19. The molecular formula is C17H20N2O4S. The zero-order valence-corrected chi connectivity index (χ0v) is 14.4. The largest absolute Gasteiger partial charge is 0.484 e. The van der Waals surface area contributed by atoms with Crippen LogP contribution < -0.4 is 10.1 Å². The van der Waals surface area contributed by atoms with Gasteiger partial charge in [0.25, 0.3) is 5.91 Å². The molecule has 0 saturated carbocycles. The van der Waals surface area contributed by atoms with Gasteiger partial charge in [-0.15, -0.1) is 11.3 Å². The molecular weight excluding hydrogens is 328 g/mol. The van der Waals surface area contributed by atoms with Crippen molar-refractivity contribution in [2.24, 2.45) is 0 Å². The van der Waals surface area contributed by atoms with Crippen LogP contribution >= 0.6 is 11.3 Å². The van der Waals surface area contributed by atoms with Crippen LogP contribution in [0.2, 0.25) is 0 Å². The van der Waals surface area contributed by atoms with Crippen molar-refractivity contribution >= 4 is 23.2 Å². The van der Waals surface area contributed by atoms with Crippen LogP contribution in [0.1, 0.15) is 40.8 Å². The van der Waals surface area contributed by atoms with Crippen molar-refractivity contribution in [2.75, 3.05) is 13.2 Å². The number of hydrogen-bond acceptors (Lipinski definition) is 5. The minimum atomic E-state index is -1.04.